The maximum atomic E-state index is 13.4. The number of ether oxygens (including phenoxy) is 1. The molecular weight excluding hydrogens is 444 g/mol. The Morgan fingerprint density at radius 2 is 1.69 bits per heavy atom. The number of carboxylic acids is 1. The lowest BCUT2D eigenvalue weighted by Crippen LogP contribution is -2.52. The van der Waals surface area contributed by atoms with E-state index in [0.717, 1.165) is 22.3 Å². The van der Waals surface area contributed by atoms with E-state index in [0.29, 0.717) is 13.0 Å². The molecule has 7 nitrogen and oxygen atoms in total. The number of hydrogen-bond donors (Lipinski definition) is 2. The highest BCUT2D eigenvalue weighted by Crippen LogP contribution is 2.44. The molecule has 0 spiro atoms. The van der Waals surface area contributed by atoms with Crippen LogP contribution in [0.1, 0.15) is 51.2 Å². The maximum Gasteiger partial charge on any atom is 0.407 e. The average Bonchev–Trinajstić information content (AvgIpc) is 3.35. The van der Waals surface area contributed by atoms with Crippen LogP contribution in [0.2, 0.25) is 0 Å². The minimum Gasteiger partial charge on any atom is -0.481 e. The molecule has 35 heavy (non-hydrogen) atoms. The minimum absolute atomic E-state index is 0.0680. The number of fused-ring (bicyclic) bond motifs is 3. The number of carboxylic acid groups (broad SMARTS) is 1. The van der Waals surface area contributed by atoms with Crippen LogP contribution >= 0.6 is 0 Å². The second-order valence-corrected chi connectivity index (χ2v) is 10.2. The molecule has 3 unspecified atom stereocenters. The Morgan fingerprint density at radius 3 is 2.20 bits per heavy atom. The number of likely N-dealkylation sites (tertiary alicyclic amines) is 1. The van der Waals surface area contributed by atoms with Gasteiger partial charge in [0.25, 0.3) is 0 Å². The van der Waals surface area contributed by atoms with E-state index in [1.807, 2.05) is 45.0 Å². The van der Waals surface area contributed by atoms with E-state index in [1.54, 1.807) is 11.8 Å². The Hall–Kier alpha value is -3.35. The molecule has 4 rings (SSSR count). The lowest BCUT2D eigenvalue weighted by Gasteiger charge is -2.29. The van der Waals surface area contributed by atoms with Gasteiger partial charge in [-0.25, -0.2) is 4.79 Å². The van der Waals surface area contributed by atoms with Gasteiger partial charge in [-0.2, -0.15) is 0 Å². The number of carbonyl (C=O) groups is 3. The Bertz CT molecular complexity index is 1090. The van der Waals surface area contributed by atoms with Crippen LogP contribution in [0, 0.1) is 17.3 Å². The topological polar surface area (TPSA) is 95.9 Å². The lowest BCUT2D eigenvalue weighted by atomic mass is 9.81. The van der Waals surface area contributed by atoms with Gasteiger partial charge in [0.2, 0.25) is 5.91 Å². The Labute approximate surface area is 206 Å². The van der Waals surface area contributed by atoms with Crippen molar-refractivity contribution in [2.75, 3.05) is 19.7 Å². The summed E-state index contributed by atoms with van der Waals surface area (Å²) in [4.78, 5) is 39.6. The molecule has 1 aliphatic heterocycles. The standard InChI is InChI=1S/C28H34N2O5/c1-5-17(2)24(25(31)30-14-18(3)28(4,16-30)26(32)33)29-27(34)35-15-23-21-12-8-6-10-19(21)20-11-7-9-13-22(20)23/h6-13,17-18,23-24H,5,14-16H2,1-4H3,(H,29,34)(H,32,33)/t17?,18?,24-,28?/m0/s1. The average molecular weight is 479 g/mol. The second kappa shape index (κ2) is 9.72. The molecule has 0 aromatic heterocycles. The fourth-order valence-corrected chi connectivity index (χ4v) is 5.24. The normalized spacial score (nSPS) is 22.7. The van der Waals surface area contributed by atoms with Gasteiger partial charge in [-0.3, -0.25) is 9.59 Å². The zero-order valence-electron chi connectivity index (χ0n) is 20.8. The Balaban J connectivity index is 1.45. The van der Waals surface area contributed by atoms with Crippen LogP contribution in [-0.4, -0.2) is 53.7 Å². The van der Waals surface area contributed by atoms with Crippen LogP contribution in [0.15, 0.2) is 48.5 Å². The molecule has 0 saturated carbocycles. The fourth-order valence-electron chi connectivity index (χ4n) is 5.24. The number of aliphatic carboxylic acids is 1. The van der Waals surface area contributed by atoms with E-state index in [-0.39, 0.29) is 36.8 Å². The van der Waals surface area contributed by atoms with Gasteiger partial charge < -0.3 is 20.1 Å². The van der Waals surface area contributed by atoms with Crippen LogP contribution in [0.3, 0.4) is 0 Å². The van der Waals surface area contributed by atoms with E-state index in [9.17, 15) is 19.5 Å². The third kappa shape index (κ3) is 4.51. The van der Waals surface area contributed by atoms with E-state index in [2.05, 4.69) is 29.6 Å². The van der Waals surface area contributed by atoms with Crippen molar-refractivity contribution in [3.63, 3.8) is 0 Å². The summed E-state index contributed by atoms with van der Waals surface area (Å²) in [5.74, 6) is -1.55. The van der Waals surface area contributed by atoms with Crippen molar-refractivity contribution in [2.24, 2.45) is 17.3 Å². The summed E-state index contributed by atoms with van der Waals surface area (Å²) in [7, 11) is 0. The molecule has 186 valence electrons. The number of nitrogens with zero attached hydrogens (tertiary/aromatic N) is 1. The van der Waals surface area contributed by atoms with E-state index >= 15 is 0 Å². The van der Waals surface area contributed by atoms with Crippen molar-refractivity contribution >= 4 is 18.0 Å². The van der Waals surface area contributed by atoms with E-state index in [4.69, 9.17) is 4.74 Å². The number of alkyl carbamates (subject to hydrolysis) is 1. The third-order valence-corrected chi connectivity index (χ3v) is 8.00. The largest absolute Gasteiger partial charge is 0.481 e. The zero-order chi connectivity index (χ0) is 25.3. The van der Waals surface area contributed by atoms with Crippen molar-refractivity contribution < 1.29 is 24.2 Å². The highest BCUT2D eigenvalue weighted by Gasteiger charge is 2.49. The van der Waals surface area contributed by atoms with Gasteiger partial charge in [-0.05, 0) is 41.0 Å². The first kappa shape index (κ1) is 24.8. The van der Waals surface area contributed by atoms with Gasteiger partial charge in [0.15, 0.2) is 0 Å². The number of rotatable bonds is 7. The van der Waals surface area contributed by atoms with Crippen molar-refractivity contribution in [3.8, 4) is 11.1 Å². The maximum absolute atomic E-state index is 13.4. The number of benzene rings is 2. The zero-order valence-corrected chi connectivity index (χ0v) is 20.8. The first-order chi connectivity index (χ1) is 16.7. The van der Waals surface area contributed by atoms with Crippen molar-refractivity contribution in [1.29, 1.82) is 0 Å². The lowest BCUT2D eigenvalue weighted by molar-refractivity contribution is -0.149. The predicted octanol–water partition coefficient (Wildman–Crippen LogP) is 4.51. The van der Waals surface area contributed by atoms with Crippen LogP contribution in [0.5, 0.6) is 0 Å². The van der Waals surface area contributed by atoms with Gasteiger partial charge in [0.05, 0.1) is 5.41 Å². The summed E-state index contributed by atoms with van der Waals surface area (Å²) < 4.78 is 5.66. The molecule has 1 fully saturated rings. The number of nitrogens with one attached hydrogen (secondary N) is 1. The van der Waals surface area contributed by atoms with Crippen molar-refractivity contribution in [1.82, 2.24) is 10.2 Å². The van der Waals surface area contributed by atoms with E-state index in [1.165, 1.54) is 0 Å². The summed E-state index contributed by atoms with van der Waals surface area (Å²) in [6.07, 6.45) is 0.0402. The molecule has 1 heterocycles. The van der Waals surface area contributed by atoms with Gasteiger partial charge in [0, 0.05) is 19.0 Å². The van der Waals surface area contributed by atoms with Gasteiger partial charge in [-0.1, -0.05) is 75.7 Å². The molecule has 7 heteroatoms. The summed E-state index contributed by atoms with van der Waals surface area (Å²) in [6.45, 7) is 8.02. The summed E-state index contributed by atoms with van der Waals surface area (Å²) in [5.41, 5.74) is 3.54. The molecule has 2 aromatic carbocycles. The fraction of sp³-hybridized carbons (Fsp3) is 0.464. The molecule has 2 N–H and O–H groups in total. The smallest absolute Gasteiger partial charge is 0.407 e. The number of amides is 2. The van der Waals surface area contributed by atoms with Crippen LogP contribution < -0.4 is 5.32 Å². The third-order valence-electron chi connectivity index (χ3n) is 8.00. The summed E-state index contributed by atoms with van der Waals surface area (Å²) in [5, 5.41) is 12.5. The monoisotopic (exact) mass is 478 g/mol. The number of hydrogen-bond acceptors (Lipinski definition) is 4. The molecule has 1 saturated heterocycles. The molecule has 2 aromatic rings. The SMILES string of the molecule is CCC(C)[C@H](NC(=O)OCC1c2ccccc2-c2ccccc21)C(=O)N1CC(C)C(C)(C(=O)O)C1. The predicted molar refractivity (Wildman–Crippen MR) is 133 cm³/mol. The number of carbonyl (C=O) groups excluding carboxylic acids is 2. The van der Waals surface area contributed by atoms with E-state index < -0.39 is 23.5 Å². The quantitative estimate of drug-likeness (QED) is 0.611. The first-order valence-electron chi connectivity index (χ1n) is 12.3. The van der Waals surface area contributed by atoms with Crippen molar-refractivity contribution in [3.05, 3.63) is 59.7 Å². The van der Waals surface area contributed by atoms with Crippen LogP contribution in [0.4, 0.5) is 4.79 Å². The Morgan fingerprint density at radius 1 is 1.11 bits per heavy atom. The highest BCUT2D eigenvalue weighted by atomic mass is 16.5. The Kier molecular flexibility index (Phi) is 6.88. The molecule has 0 radical (unpaired) electrons. The summed E-state index contributed by atoms with van der Waals surface area (Å²) in [6, 6.07) is 15.5. The van der Waals surface area contributed by atoms with Crippen LogP contribution in [-0.2, 0) is 14.3 Å². The van der Waals surface area contributed by atoms with Gasteiger partial charge in [0.1, 0.15) is 12.6 Å². The van der Waals surface area contributed by atoms with Crippen molar-refractivity contribution in [2.45, 2.75) is 46.1 Å². The molecule has 4 atom stereocenters. The molecule has 2 amide bonds. The van der Waals surface area contributed by atoms with Gasteiger partial charge in [-0.15, -0.1) is 0 Å². The first-order valence-corrected chi connectivity index (χ1v) is 12.3. The summed E-state index contributed by atoms with van der Waals surface area (Å²) >= 11 is 0. The second-order valence-electron chi connectivity index (χ2n) is 10.2. The molecule has 0 bridgehead atoms. The highest BCUT2D eigenvalue weighted by molar-refractivity contribution is 5.87. The molecular formula is C28H34N2O5. The van der Waals surface area contributed by atoms with Crippen LogP contribution in [0.25, 0.3) is 11.1 Å². The minimum atomic E-state index is -1.00. The molecule has 2 aliphatic rings. The molecule has 1 aliphatic carbocycles. The van der Waals surface area contributed by atoms with Gasteiger partial charge >= 0.3 is 12.1 Å².